The fourth-order valence-electron chi connectivity index (χ4n) is 2.69. The van der Waals surface area contributed by atoms with E-state index in [4.69, 9.17) is 20.2 Å². The number of carboxylic acid groups (broad SMARTS) is 1. The minimum atomic E-state index is -5.08. The number of hydrogen-bond acceptors (Lipinski definition) is 6. The number of alkyl halides is 3. The van der Waals surface area contributed by atoms with Crippen molar-refractivity contribution < 1.29 is 32.4 Å². The number of carbonyl (C=O) groups is 2. The predicted octanol–water partition coefficient (Wildman–Crippen LogP) is 1.98. The Labute approximate surface area is 152 Å². The number of fused-ring (bicyclic) bond motifs is 1. The Morgan fingerprint density at radius 1 is 1.44 bits per heavy atom. The van der Waals surface area contributed by atoms with Crippen LogP contribution in [0.5, 0.6) is 0 Å². The third-order valence-corrected chi connectivity index (χ3v) is 4.14. The van der Waals surface area contributed by atoms with Gasteiger partial charge in [0.1, 0.15) is 0 Å². The molecule has 148 valence electrons. The highest BCUT2D eigenvalue weighted by atomic mass is 19.4. The first-order chi connectivity index (χ1) is 12.6. The summed E-state index contributed by atoms with van der Waals surface area (Å²) in [5.41, 5.74) is 7.52. The maximum atomic E-state index is 12.5. The van der Waals surface area contributed by atoms with E-state index in [2.05, 4.69) is 10.1 Å². The van der Waals surface area contributed by atoms with Crippen LogP contribution in [0.3, 0.4) is 0 Å². The van der Waals surface area contributed by atoms with Gasteiger partial charge in [-0.15, -0.1) is 0 Å². The lowest BCUT2D eigenvalue weighted by molar-refractivity contribution is -0.192. The number of nitrogens with zero attached hydrogens (tertiary/aromatic N) is 3. The smallest absolute Gasteiger partial charge is 0.475 e. The van der Waals surface area contributed by atoms with Gasteiger partial charge in [-0.2, -0.15) is 13.2 Å². The van der Waals surface area contributed by atoms with Crippen LogP contribution in [-0.2, 0) is 4.79 Å². The molecule has 0 spiro atoms. The van der Waals surface area contributed by atoms with E-state index < -0.39 is 12.1 Å². The SMILES string of the molecule is Cc1noc2ncc(C(=O)N3CCCC(CN)C3)cc12.O=C(O)C(F)(F)F. The average Bonchev–Trinajstić information content (AvgIpc) is 3.01. The monoisotopic (exact) mass is 388 g/mol. The Kier molecular flexibility index (Phi) is 6.37. The van der Waals surface area contributed by atoms with Crippen molar-refractivity contribution in [3.8, 4) is 0 Å². The normalized spacial score (nSPS) is 17.4. The lowest BCUT2D eigenvalue weighted by atomic mass is 9.98. The lowest BCUT2D eigenvalue weighted by Gasteiger charge is -2.32. The third kappa shape index (κ3) is 5.16. The van der Waals surface area contributed by atoms with Gasteiger partial charge in [0.15, 0.2) is 0 Å². The molecular weight excluding hydrogens is 369 g/mol. The van der Waals surface area contributed by atoms with E-state index in [1.54, 1.807) is 6.20 Å². The van der Waals surface area contributed by atoms with Crippen LogP contribution in [0.2, 0.25) is 0 Å². The first-order valence-electron chi connectivity index (χ1n) is 8.15. The van der Waals surface area contributed by atoms with Crippen LogP contribution in [0.25, 0.3) is 11.1 Å². The van der Waals surface area contributed by atoms with Gasteiger partial charge in [0.05, 0.1) is 16.6 Å². The van der Waals surface area contributed by atoms with Gasteiger partial charge in [-0.3, -0.25) is 4.79 Å². The summed E-state index contributed by atoms with van der Waals surface area (Å²) in [7, 11) is 0. The van der Waals surface area contributed by atoms with Crippen molar-refractivity contribution in [3.05, 3.63) is 23.5 Å². The van der Waals surface area contributed by atoms with Gasteiger partial charge in [-0.05, 0) is 38.3 Å². The number of carbonyl (C=O) groups excluding carboxylic acids is 1. The third-order valence-electron chi connectivity index (χ3n) is 4.14. The van der Waals surface area contributed by atoms with Crippen molar-refractivity contribution >= 4 is 23.0 Å². The zero-order valence-corrected chi connectivity index (χ0v) is 14.5. The minimum absolute atomic E-state index is 0.0122. The number of carboxylic acids is 1. The van der Waals surface area contributed by atoms with Gasteiger partial charge < -0.3 is 20.3 Å². The first-order valence-corrected chi connectivity index (χ1v) is 8.15. The molecule has 1 atom stereocenters. The Bertz CT molecular complexity index is 822. The first kappa shape index (κ1) is 20.6. The highest BCUT2D eigenvalue weighted by Gasteiger charge is 2.38. The molecule has 1 unspecified atom stereocenters. The van der Waals surface area contributed by atoms with Crippen LogP contribution in [-0.4, -0.2) is 57.8 Å². The van der Waals surface area contributed by atoms with Crippen molar-refractivity contribution in [2.45, 2.75) is 25.9 Å². The number of pyridine rings is 1. The van der Waals surface area contributed by atoms with Crippen molar-refractivity contribution in [3.63, 3.8) is 0 Å². The molecule has 2 aromatic heterocycles. The Hall–Kier alpha value is -2.69. The summed E-state index contributed by atoms with van der Waals surface area (Å²) in [6.07, 6.45) is -1.42. The summed E-state index contributed by atoms with van der Waals surface area (Å²) in [5.74, 6) is -2.34. The van der Waals surface area contributed by atoms with Crippen molar-refractivity contribution in [1.82, 2.24) is 15.0 Å². The molecule has 0 saturated carbocycles. The molecular formula is C16H19F3N4O4. The van der Waals surface area contributed by atoms with E-state index in [0.29, 0.717) is 23.7 Å². The topological polar surface area (TPSA) is 123 Å². The predicted molar refractivity (Wildman–Crippen MR) is 87.9 cm³/mol. The second kappa shape index (κ2) is 8.33. The number of aliphatic carboxylic acids is 1. The number of aromatic nitrogens is 2. The largest absolute Gasteiger partial charge is 0.490 e. The van der Waals surface area contributed by atoms with Gasteiger partial charge >= 0.3 is 12.1 Å². The highest BCUT2D eigenvalue weighted by molar-refractivity contribution is 5.97. The van der Waals surface area contributed by atoms with E-state index in [1.165, 1.54) is 0 Å². The van der Waals surface area contributed by atoms with Crippen LogP contribution >= 0.6 is 0 Å². The highest BCUT2D eigenvalue weighted by Crippen LogP contribution is 2.21. The molecule has 0 aliphatic carbocycles. The number of piperidine rings is 1. The number of amides is 1. The molecule has 1 aliphatic heterocycles. The molecule has 11 heteroatoms. The van der Waals surface area contributed by atoms with E-state index in [9.17, 15) is 18.0 Å². The molecule has 1 amide bonds. The van der Waals surface area contributed by atoms with E-state index in [1.807, 2.05) is 17.9 Å². The van der Waals surface area contributed by atoms with E-state index >= 15 is 0 Å². The molecule has 3 heterocycles. The fraction of sp³-hybridized carbons (Fsp3) is 0.500. The Balaban J connectivity index is 0.000000321. The summed E-state index contributed by atoms with van der Waals surface area (Å²) in [4.78, 5) is 27.5. The molecule has 3 rings (SSSR count). The second-order valence-electron chi connectivity index (χ2n) is 6.14. The molecule has 3 N–H and O–H groups in total. The van der Waals surface area contributed by atoms with Crippen LogP contribution in [0.4, 0.5) is 13.2 Å². The molecule has 2 aromatic rings. The van der Waals surface area contributed by atoms with Crippen molar-refractivity contribution in [2.75, 3.05) is 19.6 Å². The number of rotatable bonds is 2. The summed E-state index contributed by atoms with van der Waals surface area (Å²) >= 11 is 0. The molecule has 0 aromatic carbocycles. The van der Waals surface area contributed by atoms with E-state index in [0.717, 1.165) is 37.0 Å². The van der Waals surface area contributed by atoms with Crippen LogP contribution in [0.15, 0.2) is 16.8 Å². The molecule has 0 radical (unpaired) electrons. The second-order valence-corrected chi connectivity index (χ2v) is 6.14. The van der Waals surface area contributed by atoms with Gasteiger partial charge in [-0.1, -0.05) is 5.16 Å². The minimum Gasteiger partial charge on any atom is -0.475 e. The standard InChI is InChI=1S/C14H18N4O2.C2HF3O2/c1-9-12-5-11(7-16-13(12)20-17-9)14(19)18-4-2-3-10(6-15)8-18;3-2(4,5)1(6)7/h5,7,10H,2-4,6,8,15H2,1H3;(H,6,7). The van der Waals surface area contributed by atoms with Crippen LogP contribution in [0.1, 0.15) is 28.9 Å². The number of nitrogens with two attached hydrogens (primary N) is 1. The van der Waals surface area contributed by atoms with Gasteiger partial charge in [0.25, 0.3) is 11.6 Å². The van der Waals surface area contributed by atoms with Gasteiger partial charge in [0, 0.05) is 19.3 Å². The number of hydrogen-bond donors (Lipinski definition) is 2. The number of aryl methyl sites for hydroxylation is 1. The van der Waals surface area contributed by atoms with Gasteiger partial charge in [-0.25, -0.2) is 9.78 Å². The zero-order valence-electron chi connectivity index (χ0n) is 14.5. The summed E-state index contributed by atoms with van der Waals surface area (Å²) in [6.45, 7) is 3.99. The van der Waals surface area contributed by atoms with E-state index in [-0.39, 0.29) is 5.91 Å². The molecule has 1 saturated heterocycles. The van der Waals surface area contributed by atoms with Crippen molar-refractivity contribution in [2.24, 2.45) is 11.7 Å². The number of likely N-dealkylation sites (tertiary alicyclic amines) is 1. The molecule has 0 bridgehead atoms. The fourth-order valence-corrected chi connectivity index (χ4v) is 2.69. The quantitative estimate of drug-likeness (QED) is 0.806. The maximum Gasteiger partial charge on any atom is 0.490 e. The van der Waals surface area contributed by atoms with Crippen LogP contribution < -0.4 is 5.73 Å². The Morgan fingerprint density at radius 2 is 2.11 bits per heavy atom. The van der Waals surface area contributed by atoms with Gasteiger partial charge in [0.2, 0.25) is 0 Å². The van der Waals surface area contributed by atoms with Crippen LogP contribution in [0, 0.1) is 12.8 Å². The molecule has 27 heavy (non-hydrogen) atoms. The lowest BCUT2D eigenvalue weighted by Crippen LogP contribution is -2.42. The molecule has 1 fully saturated rings. The summed E-state index contributed by atoms with van der Waals surface area (Å²) in [5, 5.41) is 11.8. The molecule has 8 nitrogen and oxygen atoms in total. The average molecular weight is 388 g/mol. The number of halogens is 3. The summed E-state index contributed by atoms with van der Waals surface area (Å²) < 4.78 is 36.8. The maximum absolute atomic E-state index is 12.5. The van der Waals surface area contributed by atoms with Crippen molar-refractivity contribution in [1.29, 1.82) is 0 Å². The Morgan fingerprint density at radius 3 is 2.70 bits per heavy atom. The summed E-state index contributed by atoms with van der Waals surface area (Å²) in [6, 6.07) is 1.81. The molecule has 1 aliphatic rings. The zero-order chi connectivity index (χ0) is 20.2.